The molecule has 128 valence electrons. The molecule has 0 N–H and O–H groups in total. The molecule has 0 unspecified atom stereocenters. The average molecular weight is 459 g/mol. The fraction of sp³-hybridized carbons (Fsp3) is 0.0588. The van der Waals surface area contributed by atoms with E-state index in [-0.39, 0.29) is 10.9 Å². The third kappa shape index (κ3) is 3.74. The summed E-state index contributed by atoms with van der Waals surface area (Å²) in [7, 11) is 1.58. The Balaban J connectivity index is 1.92. The van der Waals surface area contributed by atoms with Gasteiger partial charge in [-0.15, -0.1) is 0 Å². The topological polar surface area (TPSA) is 29.5 Å². The van der Waals surface area contributed by atoms with Crippen molar-refractivity contribution < 1.29 is 13.9 Å². The molecule has 1 aliphatic rings. The summed E-state index contributed by atoms with van der Waals surface area (Å²) >= 11 is 15.7. The first-order valence-corrected chi connectivity index (χ1v) is 9.37. The fourth-order valence-electron chi connectivity index (χ4n) is 2.24. The second-order valence-corrected chi connectivity index (χ2v) is 7.95. The molecule has 1 amide bonds. The zero-order valence-corrected chi connectivity index (χ0v) is 16.7. The van der Waals surface area contributed by atoms with Crippen LogP contribution in [0.2, 0.25) is 5.02 Å². The van der Waals surface area contributed by atoms with E-state index in [1.54, 1.807) is 19.3 Å². The van der Waals surface area contributed by atoms with Gasteiger partial charge in [0.2, 0.25) is 0 Å². The number of nitrogens with zero attached hydrogens (tertiary/aromatic N) is 1. The fourth-order valence-corrected chi connectivity index (χ4v) is 4.27. The van der Waals surface area contributed by atoms with Crippen LogP contribution in [-0.4, -0.2) is 17.3 Å². The van der Waals surface area contributed by atoms with E-state index in [1.807, 2.05) is 12.1 Å². The van der Waals surface area contributed by atoms with Crippen LogP contribution in [0.3, 0.4) is 0 Å². The molecule has 8 heteroatoms. The SMILES string of the molecule is COc1ccc(C=C2SC(=S)N(c3ccc(F)c(Cl)c3)C2=O)cc1Br. The molecule has 2 aromatic rings. The van der Waals surface area contributed by atoms with Crippen molar-refractivity contribution in [3.05, 3.63) is 62.2 Å². The first-order valence-electron chi connectivity index (χ1n) is 6.97. The minimum Gasteiger partial charge on any atom is -0.496 e. The maximum atomic E-state index is 13.3. The van der Waals surface area contributed by atoms with E-state index in [2.05, 4.69) is 15.9 Å². The van der Waals surface area contributed by atoms with E-state index >= 15 is 0 Å². The van der Waals surface area contributed by atoms with Gasteiger partial charge in [-0.1, -0.05) is 41.6 Å². The number of thioether (sulfide) groups is 1. The number of benzene rings is 2. The molecule has 0 spiro atoms. The quantitative estimate of drug-likeness (QED) is 0.439. The number of methoxy groups -OCH3 is 1. The van der Waals surface area contributed by atoms with Gasteiger partial charge in [0.1, 0.15) is 11.6 Å². The lowest BCUT2D eigenvalue weighted by Gasteiger charge is -2.14. The zero-order valence-electron chi connectivity index (χ0n) is 12.8. The minimum atomic E-state index is -0.547. The number of rotatable bonds is 3. The highest BCUT2D eigenvalue weighted by Crippen LogP contribution is 2.37. The van der Waals surface area contributed by atoms with Crippen LogP contribution in [0.1, 0.15) is 5.56 Å². The van der Waals surface area contributed by atoms with Crippen molar-refractivity contribution in [3.63, 3.8) is 0 Å². The molecule has 0 aliphatic carbocycles. The van der Waals surface area contributed by atoms with Crippen molar-refractivity contribution in [1.29, 1.82) is 0 Å². The van der Waals surface area contributed by atoms with Crippen LogP contribution in [0, 0.1) is 5.82 Å². The summed E-state index contributed by atoms with van der Waals surface area (Å²) in [6.45, 7) is 0. The maximum absolute atomic E-state index is 13.3. The molecule has 0 bridgehead atoms. The summed E-state index contributed by atoms with van der Waals surface area (Å²) in [6.07, 6.45) is 1.74. The Hall–Kier alpha value is -1.41. The first kappa shape index (κ1) is 18.4. The summed E-state index contributed by atoms with van der Waals surface area (Å²) in [4.78, 5) is 14.5. The van der Waals surface area contributed by atoms with Gasteiger partial charge in [-0.3, -0.25) is 9.69 Å². The van der Waals surface area contributed by atoms with Crippen molar-refractivity contribution in [2.24, 2.45) is 0 Å². The molecule has 1 heterocycles. The number of ether oxygens (including phenoxy) is 1. The lowest BCUT2D eigenvalue weighted by molar-refractivity contribution is -0.113. The smallest absolute Gasteiger partial charge is 0.270 e. The number of amides is 1. The Morgan fingerprint density at radius 3 is 2.72 bits per heavy atom. The van der Waals surface area contributed by atoms with Crippen molar-refractivity contribution in [3.8, 4) is 5.75 Å². The van der Waals surface area contributed by atoms with Gasteiger partial charge in [0, 0.05) is 0 Å². The molecular weight excluding hydrogens is 449 g/mol. The van der Waals surface area contributed by atoms with E-state index in [0.717, 1.165) is 10.0 Å². The molecule has 25 heavy (non-hydrogen) atoms. The van der Waals surface area contributed by atoms with Crippen molar-refractivity contribution in [2.45, 2.75) is 0 Å². The van der Waals surface area contributed by atoms with E-state index in [4.69, 9.17) is 28.6 Å². The largest absolute Gasteiger partial charge is 0.496 e. The summed E-state index contributed by atoms with van der Waals surface area (Å²) in [5.41, 5.74) is 1.26. The standard InChI is InChI=1S/C17H10BrClFNO2S2/c1-23-14-5-2-9(6-11(14)18)7-15-16(22)21(17(24)25-15)10-3-4-13(20)12(19)8-10/h2-8H,1H3. The van der Waals surface area contributed by atoms with Crippen LogP contribution in [0.4, 0.5) is 10.1 Å². The van der Waals surface area contributed by atoms with E-state index in [9.17, 15) is 9.18 Å². The van der Waals surface area contributed by atoms with Gasteiger partial charge < -0.3 is 4.74 Å². The van der Waals surface area contributed by atoms with Gasteiger partial charge in [0.05, 0.1) is 27.2 Å². The summed E-state index contributed by atoms with van der Waals surface area (Å²) in [5, 5.41) is -0.0605. The van der Waals surface area contributed by atoms with Crippen molar-refractivity contribution >= 4 is 73.5 Å². The molecule has 1 fully saturated rings. The molecule has 3 rings (SSSR count). The van der Waals surface area contributed by atoms with Crippen molar-refractivity contribution in [1.82, 2.24) is 0 Å². The van der Waals surface area contributed by atoms with Crippen molar-refractivity contribution in [2.75, 3.05) is 12.0 Å². The van der Waals surface area contributed by atoms with E-state index < -0.39 is 5.82 Å². The van der Waals surface area contributed by atoms with Crippen LogP contribution in [0.5, 0.6) is 5.75 Å². The highest BCUT2D eigenvalue weighted by molar-refractivity contribution is 9.10. The Kier molecular flexibility index (Phi) is 5.48. The normalized spacial score (nSPS) is 16.0. The van der Waals surface area contributed by atoms with Crippen LogP contribution >= 0.6 is 51.5 Å². The average Bonchev–Trinajstić information content (AvgIpc) is 2.84. The van der Waals surface area contributed by atoms with Gasteiger partial charge in [0.15, 0.2) is 4.32 Å². The lowest BCUT2D eigenvalue weighted by atomic mass is 10.2. The molecule has 0 atom stereocenters. The molecular formula is C17H10BrClFNO2S2. The highest BCUT2D eigenvalue weighted by atomic mass is 79.9. The van der Waals surface area contributed by atoms with Gasteiger partial charge in [-0.25, -0.2) is 4.39 Å². The number of carbonyl (C=O) groups is 1. The van der Waals surface area contributed by atoms with Gasteiger partial charge >= 0.3 is 0 Å². The molecule has 1 saturated heterocycles. The summed E-state index contributed by atoms with van der Waals surface area (Å²) < 4.78 is 19.7. The molecule has 0 aromatic heterocycles. The van der Waals surface area contributed by atoms with Gasteiger partial charge in [0.25, 0.3) is 5.91 Å². The van der Waals surface area contributed by atoms with E-state index in [1.165, 1.54) is 34.9 Å². The Morgan fingerprint density at radius 2 is 2.08 bits per heavy atom. The van der Waals surface area contributed by atoms with Crippen LogP contribution < -0.4 is 9.64 Å². The molecule has 0 radical (unpaired) electrons. The third-order valence-electron chi connectivity index (χ3n) is 3.43. The molecule has 0 saturated carbocycles. The van der Waals surface area contributed by atoms with Crippen LogP contribution in [0.25, 0.3) is 6.08 Å². The second-order valence-electron chi connectivity index (χ2n) is 5.01. The Labute approximate surface area is 166 Å². The highest BCUT2D eigenvalue weighted by Gasteiger charge is 2.33. The zero-order chi connectivity index (χ0) is 18.1. The first-order chi connectivity index (χ1) is 11.9. The van der Waals surface area contributed by atoms with Crippen LogP contribution in [0.15, 0.2) is 45.8 Å². The summed E-state index contributed by atoms with van der Waals surface area (Å²) in [5.74, 6) is -0.121. The number of hydrogen-bond donors (Lipinski definition) is 0. The lowest BCUT2D eigenvalue weighted by Crippen LogP contribution is -2.27. The molecule has 2 aromatic carbocycles. The summed E-state index contributed by atoms with van der Waals surface area (Å²) in [6, 6.07) is 9.55. The number of halogens is 3. The molecule has 3 nitrogen and oxygen atoms in total. The number of anilines is 1. The van der Waals surface area contributed by atoms with Crippen LogP contribution in [-0.2, 0) is 4.79 Å². The molecule has 1 aliphatic heterocycles. The predicted molar refractivity (Wildman–Crippen MR) is 108 cm³/mol. The predicted octanol–water partition coefficient (Wildman–Crippen LogP) is 5.66. The second kappa shape index (κ2) is 7.45. The van der Waals surface area contributed by atoms with E-state index in [0.29, 0.717) is 20.7 Å². The Morgan fingerprint density at radius 1 is 1.32 bits per heavy atom. The maximum Gasteiger partial charge on any atom is 0.270 e. The van der Waals surface area contributed by atoms with Gasteiger partial charge in [-0.2, -0.15) is 0 Å². The minimum absolute atomic E-state index is 0.0605. The monoisotopic (exact) mass is 457 g/mol. The third-order valence-corrected chi connectivity index (χ3v) is 5.64. The number of hydrogen-bond acceptors (Lipinski definition) is 4. The number of carbonyl (C=O) groups excluding carboxylic acids is 1. The van der Waals surface area contributed by atoms with Gasteiger partial charge in [-0.05, 0) is 57.9 Å². The Bertz CT molecular complexity index is 920. The number of thiocarbonyl (C=S) groups is 1.